The second-order valence-electron chi connectivity index (χ2n) is 4.30. The molecule has 2 aromatic heterocycles. The lowest BCUT2D eigenvalue weighted by atomic mass is 10.4. The van der Waals surface area contributed by atoms with Crippen LogP contribution in [0.25, 0.3) is 0 Å². The first-order valence-electron chi connectivity index (χ1n) is 6.00. The number of pyridine rings is 1. The van der Waals surface area contributed by atoms with Crippen molar-refractivity contribution in [3.8, 4) is 0 Å². The van der Waals surface area contributed by atoms with Crippen molar-refractivity contribution < 1.29 is 8.42 Å². The second kappa shape index (κ2) is 5.86. The van der Waals surface area contributed by atoms with E-state index in [2.05, 4.69) is 20.0 Å². The van der Waals surface area contributed by atoms with Gasteiger partial charge in [-0.2, -0.15) is 0 Å². The minimum Gasteiger partial charge on any atom is -0.373 e. The quantitative estimate of drug-likeness (QED) is 0.881. The molecule has 6 nitrogen and oxygen atoms in total. The number of aryl methyl sites for hydroxylation is 1. The smallest absolute Gasteiger partial charge is 0.241 e. The normalized spacial score (nSPS) is 13.2. The lowest BCUT2D eigenvalue weighted by Crippen LogP contribution is -2.27. The monoisotopic (exact) mass is 312 g/mol. The molecule has 0 fully saturated rings. The van der Waals surface area contributed by atoms with Crippen molar-refractivity contribution in [2.45, 2.75) is 24.8 Å². The third-order valence-corrected chi connectivity index (χ3v) is 5.32. The summed E-state index contributed by atoms with van der Waals surface area (Å²) in [7, 11) is -1.91. The summed E-state index contributed by atoms with van der Waals surface area (Å²) >= 11 is 1.44. The number of hydrogen-bond acceptors (Lipinski definition) is 6. The molecule has 0 aliphatic heterocycles. The van der Waals surface area contributed by atoms with Gasteiger partial charge in [0.2, 0.25) is 10.0 Å². The highest BCUT2D eigenvalue weighted by atomic mass is 32.2. The van der Waals surface area contributed by atoms with Gasteiger partial charge in [0, 0.05) is 30.4 Å². The molecule has 0 bridgehead atoms. The molecule has 0 aromatic carbocycles. The summed E-state index contributed by atoms with van der Waals surface area (Å²) in [6.07, 6.45) is 1.46. The summed E-state index contributed by atoms with van der Waals surface area (Å²) in [4.78, 5) is 8.47. The molecule has 0 radical (unpaired) electrons. The molecule has 0 aliphatic rings. The number of rotatable bonds is 5. The van der Waals surface area contributed by atoms with Gasteiger partial charge in [-0.1, -0.05) is 0 Å². The summed E-state index contributed by atoms with van der Waals surface area (Å²) in [5.41, 5.74) is 0.887. The van der Waals surface area contributed by atoms with E-state index in [0.717, 1.165) is 10.7 Å². The molecule has 0 saturated heterocycles. The van der Waals surface area contributed by atoms with Crippen molar-refractivity contribution in [3.63, 3.8) is 0 Å². The first kappa shape index (κ1) is 14.9. The third kappa shape index (κ3) is 3.33. The van der Waals surface area contributed by atoms with Crippen LogP contribution < -0.4 is 10.0 Å². The van der Waals surface area contributed by atoms with E-state index >= 15 is 0 Å². The Hall–Kier alpha value is -1.51. The molecule has 0 amide bonds. The summed E-state index contributed by atoms with van der Waals surface area (Å²) < 4.78 is 27.2. The molecular weight excluding hydrogens is 296 g/mol. The predicted octanol–water partition coefficient (Wildman–Crippen LogP) is 1.93. The van der Waals surface area contributed by atoms with Gasteiger partial charge in [-0.25, -0.2) is 23.1 Å². The van der Waals surface area contributed by atoms with Crippen LogP contribution in [0, 0.1) is 6.92 Å². The van der Waals surface area contributed by atoms with E-state index in [-0.39, 0.29) is 10.9 Å². The predicted molar refractivity (Wildman–Crippen MR) is 79.4 cm³/mol. The number of aromatic nitrogens is 2. The van der Waals surface area contributed by atoms with Gasteiger partial charge in [-0.05, 0) is 19.9 Å². The minimum atomic E-state index is -3.59. The standard InChI is InChI=1S/C12H16N4O2S2/c1-8-7-19-12(15-8)9(2)16-20(17,18)10-4-5-14-11(6-10)13-3/h4-7,9,16H,1-3H3,(H,13,14). The molecule has 20 heavy (non-hydrogen) atoms. The second-order valence-corrected chi connectivity index (χ2v) is 6.90. The van der Waals surface area contributed by atoms with Crippen LogP contribution in [0.5, 0.6) is 0 Å². The number of thiazole rings is 1. The highest BCUT2D eigenvalue weighted by Gasteiger charge is 2.20. The average Bonchev–Trinajstić information content (AvgIpc) is 2.85. The molecule has 0 spiro atoms. The Morgan fingerprint density at radius 2 is 2.15 bits per heavy atom. The summed E-state index contributed by atoms with van der Waals surface area (Å²) in [5, 5.41) is 5.45. The van der Waals surface area contributed by atoms with E-state index < -0.39 is 10.0 Å². The lowest BCUT2D eigenvalue weighted by Gasteiger charge is -2.12. The van der Waals surface area contributed by atoms with Gasteiger partial charge in [0.25, 0.3) is 0 Å². The fourth-order valence-corrected chi connectivity index (χ4v) is 3.74. The van der Waals surface area contributed by atoms with Gasteiger partial charge in [0.05, 0.1) is 10.9 Å². The molecule has 2 aromatic rings. The van der Waals surface area contributed by atoms with Crippen LogP contribution in [0.3, 0.4) is 0 Å². The fourth-order valence-electron chi connectivity index (χ4n) is 1.64. The van der Waals surface area contributed by atoms with E-state index in [9.17, 15) is 8.42 Å². The molecule has 2 heterocycles. The van der Waals surface area contributed by atoms with Crippen LogP contribution in [-0.4, -0.2) is 25.4 Å². The Morgan fingerprint density at radius 1 is 1.40 bits per heavy atom. The Balaban J connectivity index is 2.22. The number of anilines is 1. The summed E-state index contributed by atoms with van der Waals surface area (Å²) in [5.74, 6) is 0.505. The summed E-state index contributed by atoms with van der Waals surface area (Å²) in [6, 6.07) is 2.58. The first-order valence-corrected chi connectivity index (χ1v) is 8.37. The Bertz CT molecular complexity index is 697. The third-order valence-electron chi connectivity index (χ3n) is 2.64. The largest absolute Gasteiger partial charge is 0.373 e. The average molecular weight is 312 g/mol. The van der Waals surface area contributed by atoms with E-state index in [1.165, 1.54) is 29.7 Å². The molecule has 2 rings (SSSR count). The molecule has 0 aliphatic carbocycles. The van der Waals surface area contributed by atoms with Crippen LogP contribution >= 0.6 is 11.3 Å². The van der Waals surface area contributed by atoms with Crippen molar-refractivity contribution in [2.24, 2.45) is 0 Å². The van der Waals surface area contributed by atoms with Crippen molar-refractivity contribution >= 4 is 27.2 Å². The minimum absolute atomic E-state index is 0.178. The maximum atomic E-state index is 12.3. The summed E-state index contributed by atoms with van der Waals surface area (Å²) in [6.45, 7) is 3.65. The van der Waals surface area contributed by atoms with Crippen molar-refractivity contribution in [1.29, 1.82) is 0 Å². The van der Waals surface area contributed by atoms with E-state index in [1.807, 2.05) is 12.3 Å². The van der Waals surface area contributed by atoms with Gasteiger partial charge >= 0.3 is 0 Å². The van der Waals surface area contributed by atoms with Crippen LogP contribution in [-0.2, 0) is 10.0 Å². The van der Waals surface area contributed by atoms with Gasteiger partial charge in [-0.3, -0.25) is 0 Å². The molecule has 1 atom stereocenters. The van der Waals surface area contributed by atoms with Crippen LogP contribution in [0.2, 0.25) is 0 Å². The van der Waals surface area contributed by atoms with Gasteiger partial charge in [0.15, 0.2) is 0 Å². The van der Waals surface area contributed by atoms with Crippen molar-refractivity contribution in [1.82, 2.24) is 14.7 Å². The Labute approximate surface area is 122 Å². The zero-order chi connectivity index (χ0) is 14.8. The van der Waals surface area contributed by atoms with Gasteiger partial charge in [-0.15, -0.1) is 11.3 Å². The van der Waals surface area contributed by atoms with E-state index in [1.54, 1.807) is 14.0 Å². The lowest BCUT2D eigenvalue weighted by molar-refractivity contribution is 0.566. The van der Waals surface area contributed by atoms with E-state index in [0.29, 0.717) is 5.82 Å². The van der Waals surface area contributed by atoms with Crippen LogP contribution in [0.4, 0.5) is 5.82 Å². The van der Waals surface area contributed by atoms with Crippen LogP contribution in [0.15, 0.2) is 28.6 Å². The topological polar surface area (TPSA) is 84.0 Å². The maximum Gasteiger partial charge on any atom is 0.241 e. The van der Waals surface area contributed by atoms with Crippen molar-refractivity contribution in [3.05, 3.63) is 34.4 Å². The number of sulfonamides is 1. The van der Waals surface area contributed by atoms with Gasteiger partial charge < -0.3 is 5.32 Å². The first-order chi connectivity index (χ1) is 9.42. The van der Waals surface area contributed by atoms with Crippen molar-refractivity contribution in [2.75, 3.05) is 12.4 Å². The zero-order valence-electron chi connectivity index (χ0n) is 11.4. The Kier molecular flexibility index (Phi) is 4.36. The van der Waals surface area contributed by atoms with Crippen LogP contribution in [0.1, 0.15) is 23.7 Å². The highest BCUT2D eigenvalue weighted by molar-refractivity contribution is 7.89. The van der Waals surface area contributed by atoms with E-state index in [4.69, 9.17) is 0 Å². The van der Waals surface area contributed by atoms with Gasteiger partial charge in [0.1, 0.15) is 10.8 Å². The molecular formula is C12H16N4O2S2. The number of hydrogen-bond donors (Lipinski definition) is 2. The Morgan fingerprint density at radius 3 is 2.75 bits per heavy atom. The molecule has 108 valence electrons. The molecule has 1 unspecified atom stereocenters. The molecule has 0 saturated carbocycles. The highest BCUT2D eigenvalue weighted by Crippen LogP contribution is 2.20. The molecule has 2 N–H and O–H groups in total. The maximum absolute atomic E-state index is 12.3. The fraction of sp³-hybridized carbons (Fsp3) is 0.333. The number of nitrogens with zero attached hydrogens (tertiary/aromatic N) is 2. The SMILES string of the molecule is CNc1cc(S(=O)(=O)NC(C)c2nc(C)cs2)ccn1. The number of nitrogens with one attached hydrogen (secondary N) is 2. The molecule has 8 heteroatoms. The zero-order valence-corrected chi connectivity index (χ0v) is 13.0.